The van der Waals surface area contributed by atoms with E-state index in [2.05, 4.69) is 51.7 Å². The summed E-state index contributed by atoms with van der Waals surface area (Å²) in [7, 11) is 3.41. The average molecular weight is 575 g/mol. The van der Waals surface area contributed by atoms with E-state index in [9.17, 15) is 9.59 Å². The number of rotatable bonds is 7. The van der Waals surface area contributed by atoms with Crippen LogP contribution in [-0.2, 0) is 11.3 Å². The third kappa shape index (κ3) is 8.06. The third-order valence-electron chi connectivity index (χ3n) is 7.44. The van der Waals surface area contributed by atoms with E-state index >= 15 is 0 Å². The van der Waals surface area contributed by atoms with Crippen LogP contribution in [-0.4, -0.2) is 79.4 Å². The maximum absolute atomic E-state index is 13.6. The third-order valence-corrected chi connectivity index (χ3v) is 7.44. The van der Waals surface area contributed by atoms with Gasteiger partial charge in [0.25, 0.3) is 5.91 Å². The first kappa shape index (κ1) is 31.0. The molecule has 0 bridgehead atoms. The lowest BCUT2D eigenvalue weighted by atomic mass is 10.0. The Morgan fingerprint density at radius 3 is 2.62 bits per heavy atom. The van der Waals surface area contributed by atoms with Gasteiger partial charge in [-0.05, 0) is 48.2 Å². The number of amides is 3. The summed E-state index contributed by atoms with van der Waals surface area (Å²) >= 11 is 0. The minimum absolute atomic E-state index is 0.0678. The van der Waals surface area contributed by atoms with Crippen molar-refractivity contribution in [2.45, 2.75) is 39.1 Å². The van der Waals surface area contributed by atoms with Gasteiger partial charge in [0.05, 0.1) is 23.5 Å². The predicted octanol–water partition coefficient (Wildman–Crippen LogP) is 4.18. The normalized spacial score (nSPS) is 20.1. The highest BCUT2D eigenvalue weighted by Crippen LogP contribution is 2.27. The van der Waals surface area contributed by atoms with Gasteiger partial charge in [0.2, 0.25) is 0 Å². The second-order valence-corrected chi connectivity index (χ2v) is 10.7. The molecule has 4 N–H and O–H groups in total. The van der Waals surface area contributed by atoms with Crippen molar-refractivity contribution in [2.24, 2.45) is 11.7 Å². The van der Waals surface area contributed by atoms with Crippen molar-refractivity contribution in [3.05, 3.63) is 78.0 Å². The molecule has 0 saturated heterocycles. The second kappa shape index (κ2) is 14.8. The molecule has 0 saturated carbocycles. The highest BCUT2D eigenvalue weighted by Gasteiger charge is 2.29. The van der Waals surface area contributed by atoms with Gasteiger partial charge in [0.1, 0.15) is 12.4 Å². The molecular weight excluding hydrogens is 532 g/mol. The topological polar surface area (TPSA) is 122 Å². The summed E-state index contributed by atoms with van der Waals surface area (Å²) in [6, 6.07) is 18.9. The zero-order valence-electron chi connectivity index (χ0n) is 24.9. The highest BCUT2D eigenvalue weighted by atomic mass is 16.5. The Balaban J connectivity index is 1.57. The molecular formula is C32H42N6O4. The van der Waals surface area contributed by atoms with Crippen molar-refractivity contribution in [1.29, 1.82) is 0 Å². The van der Waals surface area contributed by atoms with Crippen LogP contribution in [0.3, 0.4) is 0 Å². The van der Waals surface area contributed by atoms with Crippen LogP contribution in [0, 0.1) is 5.92 Å². The molecule has 0 aliphatic carbocycles. The Kier molecular flexibility index (Phi) is 10.9. The van der Waals surface area contributed by atoms with Gasteiger partial charge in [0.15, 0.2) is 0 Å². The molecule has 4 rings (SSSR count). The number of carbonyl (C=O) groups excluding carboxylic acids is 2. The standard InChI is InChI=1S/C32H42N6O4/c1-5-15-35-32(40)36-25-13-14-28-26(17-25)31(39)37(3)20-29(41-4)22(2)18-38(30(33)21-42-28)19-23-9-11-24(12-10-23)27-8-6-7-16-34-27/h6-14,16-17,22,29-30H,5,15,18-21,33H2,1-4H3,(H2,35,36,40)/t22-,29-,30+/m0/s1. The number of aromatic nitrogens is 1. The quantitative estimate of drug-likeness (QED) is 0.387. The number of anilines is 1. The number of nitrogens with zero attached hydrogens (tertiary/aromatic N) is 3. The number of hydrogen-bond donors (Lipinski definition) is 3. The van der Waals surface area contributed by atoms with Gasteiger partial charge < -0.3 is 30.7 Å². The van der Waals surface area contributed by atoms with Crippen LogP contribution in [0.25, 0.3) is 11.3 Å². The number of likely N-dealkylation sites (N-methyl/N-ethyl adjacent to an activating group) is 1. The van der Waals surface area contributed by atoms with Crippen LogP contribution in [0.5, 0.6) is 5.75 Å². The summed E-state index contributed by atoms with van der Waals surface area (Å²) in [5.41, 5.74) is 10.7. The molecule has 0 fully saturated rings. The van der Waals surface area contributed by atoms with Gasteiger partial charge in [0, 0.05) is 57.8 Å². The van der Waals surface area contributed by atoms with E-state index in [-0.39, 0.29) is 30.6 Å². The lowest BCUT2D eigenvalue weighted by molar-refractivity contribution is 0.00808. The first-order chi connectivity index (χ1) is 20.3. The van der Waals surface area contributed by atoms with Crippen molar-refractivity contribution in [3.63, 3.8) is 0 Å². The maximum atomic E-state index is 13.6. The number of benzene rings is 2. The van der Waals surface area contributed by atoms with E-state index in [1.165, 1.54) is 0 Å². The number of urea groups is 1. The van der Waals surface area contributed by atoms with E-state index < -0.39 is 6.17 Å². The molecule has 3 atom stereocenters. The van der Waals surface area contributed by atoms with Gasteiger partial charge in [-0.25, -0.2) is 4.79 Å². The molecule has 10 heteroatoms. The van der Waals surface area contributed by atoms with E-state index in [0.717, 1.165) is 23.2 Å². The zero-order chi connectivity index (χ0) is 30.1. The van der Waals surface area contributed by atoms with Gasteiger partial charge >= 0.3 is 6.03 Å². The first-order valence-corrected chi connectivity index (χ1v) is 14.4. The SMILES string of the molecule is CCCNC(=O)Nc1ccc2c(c1)C(=O)N(C)C[C@H](OC)[C@@H](C)CN(Cc1ccc(-c3ccccn3)cc1)[C@@H](N)CO2. The summed E-state index contributed by atoms with van der Waals surface area (Å²) in [5.74, 6) is 0.248. The minimum Gasteiger partial charge on any atom is -0.490 e. The average Bonchev–Trinajstić information content (AvgIpc) is 3.01. The highest BCUT2D eigenvalue weighted by molar-refractivity contribution is 5.99. The number of methoxy groups -OCH3 is 1. The molecule has 0 spiro atoms. The van der Waals surface area contributed by atoms with Crippen LogP contribution in [0.15, 0.2) is 66.9 Å². The fourth-order valence-corrected chi connectivity index (χ4v) is 4.99. The monoisotopic (exact) mass is 574 g/mol. The van der Waals surface area contributed by atoms with Gasteiger partial charge in [-0.1, -0.05) is 44.2 Å². The molecule has 10 nitrogen and oxygen atoms in total. The molecule has 224 valence electrons. The van der Waals surface area contributed by atoms with Crippen LogP contribution >= 0.6 is 0 Å². The number of nitrogens with one attached hydrogen (secondary N) is 2. The van der Waals surface area contributed by atoms with Crippen molar-refractivity contribution < 1.29 is 19.1 Å². The number of hydrogen-bond acceptors (Lipinski definition) is 7. The summed E-state index contributed by atoms with van der Waals surface area (Å²) in [5, 5.41) is 5.57. The van der Waals surface area contributed by atoms with Crippen molar-refractivity contribution >= 4 is 17.6 Å². The molecule has 2 heterocycles. The van der Waals surface area contributed by atoms with Crippen molar-refractivity contribution in [1.82, 2.24) is 20.1 Å². The largest absolute Gasteiger partial charge is 0.490 e. The number of fused-ring (bicyclic) bond motifs is 1. The molecule has 1 aliphatic heterocycles. The summed E-state index contributed by atoms with van der Waals surface area (Å²) < 4.78 is 12.0. The number of ether oxygens (including phenoxy) is 2. The Labute approximate surface area is 248 Å². The van der Waals surface area contributed by atoms with Crippen LogP contribution in [0.2, 0.25) is 0 Å². The van der Waals surface area contributed by atoms with Gasteiger partial charge in [-0.3, -0.25) is 14.7 Å². The molecule has 3 aromatic rings. The maximum Gasteiger partial charge on any atom is 0.319 e. The zero-order valence-corrected chi connectivity index (χ0v) is 24.9. The number of carbonyl (C=O) groups is 2. The Morgan fingerprint density at radius 1 is 1.14 bits per heavy atom. The first-order valence-electron chi connectivity index (χ1n) is 14.4. The summed E-state index contributed by atoms with van der Waals surface area (Å²) in [6.07, 6.45) is 1.95. The number of nitrogens with two attached hydrogens (primary N) is 1. The van der Waals surface area contributed by atoms with E-state index in [0.29, 0.717) is 43.2 Å². The Bertz CT molecular complexity index is 1320. The number of pyridine rings is 1. The van der Waals surface area contributed by atoms with Crippen molar-refractivity contribution in [3.8, 4) is 17.0 Å². The molecule has 3 amide bonds. The fraction of sp³-hybridized carbons (Fsp3) is 0.406. The van der Waals surface area contributed by atoms with Crippen LogP contribution < -0.4 is 21.1 Å². The molecule has 0 radical (unpaired) electrons. The molecule has 0 unspecified atom stereocenters. The van der Waals surface area contributed by atoms with Crippen molar-refractivity contribution in [2.75, 3.05) is 45.7 Å². The summed E-state index contributed by atoms with van der Waals surface area (Å²) in [4.78, 5) is 34.1. The van der Waals surface area contributed by atoms with Gasteiger partial charge in [-0.2, -0.15) is 0 Å². The molecule has 1 aromatic heterocycles. The smallest absolute Gasteiger partial charge is 0.319 e. The molecule has 42 heavy (non-hydrogen) atoms. The second-order valence-electron chi connectivity index (χ2n) is 10.7. The predicted molar refractivity (Wildman–Crippen MR) is 164 cm³/mol. The lowest BCUT2D eigenvalue weighted by Crippen LogP contribution is -2.50. The molecule has 1 aliphatic rings. The van der Waals surface area contributed by atoms with Crippen LogP contribution in [0.1, 0.15) is 36.2 Å². The Hall–Kier alpha value is -3.99. The van der Waals surface area contributed by atoms with Crippen LogP contribution in [0.4, 0.5) is 10.5 Å². The van der Waals surface area contributed by atoms with Gasteiger partial charge in [-0.15, -0.1) is 0 Å². The minimum atomic E-state index is -0.446. The fourth-order valence-electron chi connectivity index (χ4n) is 4.99. The van der Waals surface area contributed by atoms with E-state index in [1.807, 2.05) is 25.1 Å². The lowest BCUT2D eigenvalue weighted by Gasteiger charge is -2.36. The Morgan fingerprint density at radius 2 is 1.93 bits per heavy atom. The van der Waals surface area contributed by atoms with E-state index in [4.69, 9.17) is 15.2 Å². The summed E-state index contributed by atoms with van der Waals surface area (Å²) in [6.45, 7) is 6.46. The molecule has 2 aromatic carbocycles. The van der Waals surface area contributed by atoms with E-state index in [1.54, 1.807) is 43.5 Å².